The minimum Gasteiger partial charge on any atom is -0.384 e. The van der Waals surface area contributed by atoms with Crippen molar-refractivity contribution in [2.24, 2.45) is 5.73 Å². The molecule has 0 aliphatic carbocycles. The molecule has 0 saturated carbocycles. The highest BCUT2D eigenvalue weighted by atomic mass is 14.9. The molecule has 0 aromatic heterocycles. The van der Waals surface area contributed by atoms with Gasteiger partial charge in [0, 0.05) is 12.2 Å². The minimum absolute atomic E-state index is 0.812. The van der Waals surface area contributed by atoms with Crippen LogP contribution < -0.4 is 11.1 Å². The third-order valence-corrected chi connectivity index (χ3v) is 2.80. The zero-order valence-electron chi connectivity index (χ0n) is 8.55. The maximum atomic E-state index is 5.47. The van der Waals surface area contributed by atoms with Crippen LogP contribution >= 0.6 is 0 Å². The Morgan fingerprint density at radius 2 is 2.21 bits per heavy atom. The molecule has 76 valence electrons. The third-order valence-electron chi connectivity index (χ3n) is 2.80. The third kappa shape index (κ3) is 2.07. The Balaban J connectivity index is 1.98. The van der Waals surface area contributed by atoms with Crippen LogP contribution in [0.3, 0.4) is 0 Å². The number of nitrogens with two attached hydrogens (primary N) is 1. The van der Waals surface area contributed by atoms with Crippen molar-refractivity contribution in [2.75, 3.05) is 18.4 Å². The van der Waals surface area contributed by atoms with Gasteiger partial charge >= 0.3 is 0 Å². The second-order valence-corrected chi connectivity index (χ2v) is 3.91. The van der Waals surface area contributed by atoms with Crippen LogP contribution in [0.4, 0.5) is 5.69 Å². The van der Waals surface area contributed by atoms with Crippen molar-refractivity contribution in [1.29, 1.82) is 0 Å². The molecule has 2 rings (SSSR count). The van der Waals surface area contributed by atoms with E-state index in [1.165, 1.54) is 36.1 Å². The van der Waals surface area contributed by atoms with E-state index in [0.29, 0.717) is 0 Å². The van der Waals surface area contributed by atoms with Crippen LogP contribution in [0.2, 0.25) is 0 Å². The van der Waals surface area contributed by atoms with Gasteiger partial charge in [-0.15, -0.1) is 0 Å². The Bertz CT molecular complexity index is 307. The summed E-state index contributed by atoms with van der Waals surface area (Å²) in [5.74, 6) is 0. The number of rotatable bonds is 4. The summed E-state index contributed by atoms with van der Waals surface area (Å²) in [6, 6.07) is 6.78. The average molecular weight is 190 g/mol. The second kappa shape index (κ2) is 4.47. The van der Waals surface area contributed by atoms with Gasteiger partial charge in [0.1, 0.15) is 0 Å². The largest absolute Gasteiger partial charge is 0.384 e. The Kier molecular flexibility index (Phi) is 3.04. The SMILES string of the molecule is NCCCCc1ccc2c(c1)CCN2. The number of hydrogen-bond acceptors (Lipinski definition) is 2. The smallest absolute Gasteiger partial charge is 0.0373 e. The molecule has 14 heavy (non-hydrogen) atoms. The summed E-state index contributed by atoms with van der Waals surface area (Å²) in [5.41, 5.74) is 9.74. The maximum Gasteiger partial charge on any atom is 0.0373 e. The summed E-state index contributed by atoms with van der Waals surface area (Å²) in [4.78, 5) is 0. The highest BCUT2D eigenvalue weighted by Crippen LogP contribution is 2.23. The fraction of sp³-hybridized carbons (Fsp3) is 0.500. The van der Waals surface area contributed by atoms with E-state index in [9.17, 15) is 0 Å². The van der Waals surface area contributed by atoms with E-state index in [0.717, 1.165) is 19.5 Å². The Hall–Kier alpha value is -1.02. The quantitative estimate of drug-likeness (QED) is 0.712. The summed E-state index contributed by atoms with van der Waals surface area (Å²) < 4.78 is 0. The lowest BCUT2D eigenvalue weighted by Crippen LogP contribution is -1.99. The predicted molar refractivity (Wildman–Crippen MR) is 60.6 cm³/mol. The van der Waals surface area contributed by atoms with Crippen molar-refractivity contribution in [3.8, 4) is 0 Å². The number of unbranched alkanes of at least 4 members (excludes halogenated alkanes) is 1. The van der Waals surface area contributed by atoms with Crippen LogP contribution in [-0.4, -0.2) is 13.1 Å². The lowest BCUT2D eigenvalue weighted by molar-refractivity contribution is 0.744. The van der Waals surface area contributed by atoms with Gasteiger partial charge in [-0.1, -0.05) is 12.1 Å². The highest BCUT2D eigenvalue weighted by Gasteiger charge is 2.09. The first kappa shape index (κ1) is 9.53. The molecule has 0 amide bonds. The molecule has 3 N–H and O–H groups in total. The molecule has 1 heterocycles. The van der Waals surface area contributed by atoms with Gasteiger partial charge in [0.2, 0.25) is 0 Å². The Morgan fingerprint density at radius 3 is 3.07 bits per heavy atom. The van der Waals surface area contributed by atoms with Crippen molar-refractivity contribution in [3.05, 3.63) is 29.3 Å². The van der Waals surface area contributed by atoms with Gasteiger partial charge in [0.25, 0.3) is 0 Å². The monoisotopic (exact) mass is 190 g/mol. The molecule has 0 unspecified atom stereocenters. The number of fused-ring (bicyclic) bond motifs is 1. The van der Waals surface area contributed by atoms with E-state index < -0.39 is 0 Å². The zero-order valence-corrected chi connectivity index (χ0v) is 8.55. The number of benzene rings is 1. The molecular formula is C12H18N2. The summed E-state index contributed by atoms with van der Waals surface area (Å²) in [7, 11) is 0. The van der Waals surface area contributed by atoms with Crippen molar-refractivity contribution in [1.82, 2.24) is 0 Å². The summed E-state index contributed by atoms with van der Waals surface area (Å²) >= 11 is 0. The molecule has 1 aliphatic rings. The first-order valence-corrected chi connectivity index (χ1v) is 5.46. The van der Waals surface area contributed by atoms with Gasteiger partial charge in [0.05, 0.1) is 0 Å². The zero-order chi connectivity index (χ0) is 9.80. The van der Waals surface area contributed by atoms with E-state index in [1.807, 2.05) is 0 Å². The van der Waals surface area contributed by atoms with Crippen molar-refractivity contribution < 1.29 is 0 Å². The fourth-order valence-corrected chi connectivity index (χ4v) is 1.99. The van der Waals surface area contributed by atoms with Gasteiger partial charge < -0.3 is 11.1 Å². The van der Waals surface area contributed by atoms with Crippen LogP contribution in [0, 0.1) is 0 Å². The molecule has 0 bridgehead atoms. The van der Waals surface area contributed by atoms with Gasteiger partial charge in [-0.05, 0) is 49.4 Å². The lowest BCUT2D eigenvalue weighted by atomic mass is 10.0. The summed E-state index contributed by atoms with van der Waals surface area (Å²) in [5, 5.41) is 3.37. The van der Waals surface area contributed by atoms with E-state index in [-0.39, 0.29) is 0 Å². The van der Waals surface area contributed by atoms with Crippen molar-refractivity contribution in [3.63, 3.8) is 0 Å². The van der Waals surface area contributed by atoms with Crippen LogP contribution in [-0.2, 0) is 12.8 Å². The molecule has 2 heteroatoms. The molecule has 0 fully saturated rings. The van der Waals surface area contributed by atoms with E-state index in [1.54, 1.807) is 0 Å². The number of anilines is 1. The van der Waals surface area contributed by atoms with Crippen molar-refractivity contribution in [2.45, 2.75) is 25.7 Å². The van der Waals surface area contributed by atoms with Gasteiger partial charge in [-0.2, -0.15) is 0 Å². The summed E-state index contributed by atoms with van der Waals surface area (Å²) in [6.07, 6.45) is 4.70. The number of aryl methyl sites for hydroxylation is 1. The molecule has 1 aliphatic heterocycles. The molecule has 1 aromatic carbocycles. The molecule has 0 atom stereocenters. The van der Waals surface area contributed by atoms with Gasteiger partial charge in [-0.25, -0.2) is 0 Å². The van der Waals surface area contributed by atoms with E-state index in [2.05, 4.69) is 23.5 Å². The molecule has 1 aromatic rings. The van der Waals surface area contributed by atoms with Gasteiger partial charge in [0.15, 0.2) is 0 Å². The van der Waals surface area contributed by atoms with Crippen LogP contribution in [0.5, 0.6) is 0 Å². The summed E-state index contributed by atoms with van der Waals surface area (Å²) in [6.45, 7) is 1.91. The molecule has 2 nitrogen and oxygen atoms in total. The van der Waals surface area contributed by atoms with Gasteiger partial charge in [-0.3, -0.25) is 0 Å². The first-order chi connectivity index (χ1) is 6.90. The molecule has 0 spiro atoms. The fourth-order valence-electron chi connectivity index (χ4n) is 1.99. The van der Waals surface area contributed by atoms with Crippen molar-refractivity contribution >= 4 is 5.69 Å². The standard InChI is InChI=1S/C12H18N2/c13-7-2-1-3-10-4-5-12-11(9-10)6-8-14-12/h4-5,9,14H,1-3,6-8,13H2. The number of hydrogen-bond donors (Lipinski definition) is 2. The Morgan fingerprint density at radius 1 is 1.29 bits per heavy atom. The first-order valence-electron chi connectivity index (χ1n) is 5.46. The van der Waals surface area contributed by atoms with Crippen LogP contribution in [0.1, 0.15) is 24.0 Å². The molecule has 0 saturated heterocycles. The molecular weight excluding hydrogens is 172 g/mol. The van der Waals surface area contributed by atoms with E-state index in [4.69, 9.17) is 5.73 Å². The van der Waals surface area contributed by atoms with Crippen LogP contribution in [0.25, 0.3) is 0 Å². The predicted octanol–water partition coefficient (Wildman–Crippen LogP) is 1.94. The molecule has 0 radical (unpaired) electrons. The van der Waals surface area contributed by atoms with Crippen LogP contribution in [0.15, 0.2) is 18.2 Å². The topological polar surface area (TPSA) is 38.0 Å². The average Bonchev–Trinajstić information content (AvgIpc) is 2.65. The maximum absolute atomic E-state index is 5.47. The van der Waals surface area contributed by atoms with E-state index >= 15 is 0 Å². The lowest BCUT2D eigenvalue weighted by Gasteiger charge is -2.04. The Labute approximate surface area is 85.5 Å². The minimum atomic E-state index is 0.812. The second-order valence-electron chi connectivity index (χ2n) is 3.91. The highest BCUT2D eigenvalue weighted by molar-refractivity contribution is 5.56. The number of nitrogens with one attached hydrogen (secondary N) is 1. The normalized spacial score (nSPS) is 13.8.